The molecule has 0 saturated heterocycles. The molecule has 0 bridgehead atoms. The molecule has 0 atom stereocenters. The lowest BCUT2D eigenvalue weighted by atomic mass is 9.92. The van der Waals surface area contributed by atoms with Crippen molar-refractivity contribution in [2.75, 3.05) is 19.6 Å². The highest BCUT2D eigenvalue weighted by atomic mass is 15.1. The van der Waals surface area contributed by atoms with Crippen molar-refractivity contribution in [2.24, 2.45) is 5.92 Å². The van der Waals surface area contributed by atoms with Crippen molar-refractivity contribution >= 4 is 5.57 Å². The Hall–Kier alpha value is -1.60. The Morgan fingerprint density at radius 3 is 2.43 bits per heavy atom. The second-order valence-corrected chi connectivity index (χ2v) is 8.51. The lowest BCUT2D eigenvalue weighted by Gasteiger charge is -2.23. The fraction of sp³-hybridized carbons (Fsp3) is 0.556. The Morgan fingerprint density at radius 1 is 1.04 bits per heavy atom. The van der Waals surface area contributed by atoms with Crippen LogP contribution in [0.25, 0.3) is 5.57 Å². The Kier molecular flexibility index (Phi) is 10.4. The first-order valence-electron chi connectivity index (χ1n) is 11.5. The predicted octanol–water partition coefficient (Wildman–Crippen LogP) is 7.45. The molecule has 0 radical (unpaired) electrons. The van der Waals surface area contributed by atoms with E-state index in [-0.39, 0.29) is 0 Å². The standard InChI is InChI=1S/C27H41N/c1-5-12-27(25-14-8-7-9-15-25)26-18-16-24(17-19-26)13-10-11-21-28(20-6-2)22-23(3)4/h8,12,14-19,23H,5-7,9-11,13,20-22H2,1-4H3. The van der Waals surface area contributed by atoms with Gasteiger partial charge in [-0.1, -0.05) is 76.3 Å². The SMILES string of the molecule is CCC=C(C1=CCCC=C1)c1ccc(CCCCN(CCC)CC(C)C)cc1. The van der Waals surface area contributed by atoms with Crippen LogP contribution in [0, 0.1) is 5.92 Å². The summed E-state index contributed by atoms with van der Waals surface area (Å²) in [7, 11) is 0. The number of aryl methyl sites for hydroxylation is 1. The van der Waals surface area contributed by atoms with Crippen LogP contribution < -0.4 is 0 Å². The topological polar surface area (TPSA) is 3.24 Å². The second-order valence-electron chi connectivity index (χ2n) is 8.51. The van der Waals surface area contributed by atoms with Gasteiger partial charge in [-0.15, -0.1) is 0 Å². The smallest absolute Gasteiger partial charge is 0.000438 e. The highest BCUT2D eigenvalue weighted by Crippen LogP contribution is 2.28. The van der Waals surface area contributed by atoms with Gasteiger partial charge in [-0.05, 0) is 86.2 Å². The Balaban J connectivity index is 1.87. The molecule has 154 valence electrons. The summed E-state index contributed by atoms with van der Waals surface area (Å²) in [5.41, 5.74) is 5.61. The molecule has 1 aliphatic rings. The van der Waals surface area contributed by atoms with E-state index in [1.807, 2.05) is 0 Å². The van der Waals surface area contributed by atoms with E-state index < -0.39 is 0 Å². The van der Waals surface area contributed by atoms with Crippen molar-refractivity contribution in [1.29, 1.82) is 0 Å². The van der Waals surface area contributed by atoms with Gasteiger partial charge < -0.3 is 4.90 Å². The molecule has 0 N–H and O–H groups in total. The molecule has 1 nitrogen and oxygen atoms in total. The first-order chi connectivity index (χ1) is 13.6. The number of benzene rings is 1. The summed E-state index contributed by atoms with van der Waals surface area (Å²) in [5, 5.41) is 0. The van der Waals surface area contributed by atoms with E-state index in [1.165, 1.54) is 74.0 Å². The summed E-state index contributed by atoms with van der Waals surface area (Å²) in [5.74, 6) is 0.763. The molecule has 0 saturated carbocycles. The number of hydrogen-bond donors (Lipinski definition) is 0. The van der Waals surface area contributed by atoms with Gasteiger partial charge in [0.15, 0.2) is 0 Å². The third kappa shape index (κ3) is 7.80. The zero-order chi connectivity index (χ0) is 20.2. The summed E-state index contributed by atoms with van der Waals surface area (Å²) >= 11 is 0. The molecule has 1 aliphatic carbocycles. The van der Waals surface area contributed by atoms with E-state index in [0.29, 0.717) is 0 Å². The minimum atomic E-state index is 0.763. The molecular formula is C27H41N. The monoisotopic (exact) mass is 379 g/mol. The molecular weight excluding hydrogens is 338 g/mol. The van der Waals surface area contributed by atoms with Gasteiger partial charge in [0.05, 0.1) is 0 Å². The molecule has 0 heterocycles. The minimum absolute atomic E-state index is 0.763. The average molecular weight is 380 g/mol. The summed E-state index contributed by atoms with van der Waals surface area (Å²) in [6.07, 6.45) is 17.8. The van der Waals surface area contributed by atoms with Crippen LogP contribution in [0.3, 0.4) is 0 Å². The maximum atomic E-state index is 2.64. The molecule has 1 heteroatoms. The predicted molar refractivity (Wildman–Crippen MR) is 126 cm³/mol. The van der Waals surface area contributed by atoms with Gasteiger partial charge in [-0.3, -0.25) is 0 Å². The first kappa shape index (κ1) is 22.7. The van der Waals surface area contributed by atoms with Crippen LogP contribution >= 0.6 is 0 Å². The van der Waals surface area contributed by atoms with Crippen LogP contribution in [0.5, 0.6) is 0 Å². The molecule has 0 unspecified atom stereocenters. The summed E-state index contributed by atoms with van der Waals surface area (Å²) < 4.78 is 0. The number of hydrogen-bond acceptors (Lipinski definition) is 1. The van der Waals surface area contributed by atoms with E-state index in [9.17, 15) is 0 Å². The van der Waals surface area contributed by atoms with Gasteiger partial charge in [0.1, 0.15) is 0 Å². The van der Waals surface area contributed by atoms with Gasteiger partial charge in [-0.25, -0.2) is 0 Å². The molecule has 0 aromatic heterocycles. The van der Waals surface area contributed by atoms with Crippen LogP contribution in [-0.4, -0.2) is 24.5 Å². The van der Waals surface area contributed by atoms with Crippen molar-refractivity contribution in [3.63, 3.8) is 0 Å². The number of unbranched alkanes of at least 4 members (excludes halogenated alkanes) is 1. The van der Waals surface area contributed by atoms with E-state index in [4.69, 9.17) is 0 Å². The second kappa shape index (κ2) is 12.8. The van der Waals surface area contributed by atoms with Crippen molar-refractivity contribution in [3.05, 3.63) is 65.3 Å². The first-order valence-corrected chi connectivity index (χ1v) is 11.5. The van der Waals surface area contributed by atoms with E-state index >= 15 is 0 Å². The van der Waals surface area contributed by atoms with E-state index in [0.717, 1.165) is 18.8 Å². The van der Waals surface area contributed by atoms with E-state index in [1.54, 1.807) is 0 Å². The molecule has 28 heavy (non-hydrogen) atoms. The lowest BCUT2D eigenvalue weighted by molar-refractivity contribution is 0.240. The normalized spacial score (nSPS) is 14.8. The molecule has 1 aromatic carbocycles. The Morgan fingerprint density at radius 2 is 1.82 bits per heavy atom. The highest BCUT2D eigenvalue weighted by molar-refractivity contribution is 5.82. The van der Waals surface area contributed by atoms with Crippen LogP contribution in [0.1, 0.15) is 77.3 Å². The van der Waals surface area contributed by atoms with E-state index in [2.05, 4.69) is 81.2 Å². The average Bonchev–Trinajstić information content (AvgIpc) is 2.70. The molecule has 0 aliphatic heterocycles. The highest BCUT2D eigenvalue weighted by Gasteiger charge is 2.08. The third-order valence-corrected chi connectivity index (χ3v) is 5.33. The van der Waals surface area contributed by atoms with Gasteiger partial charge in [-0.2, -0.15) is 0 Å². The molecule has 0 amide bonds. The Bertz CT molecular complexity index is 645. The van der Waals surface area contributed by atoms with Crippen molar-refractivity contribution in [2.45, 2.75) is 72.6 Å². The number of nitrogens with zero attached hydrogens (tertiary/aromatic N) is 1. The quantitative estimate of drug-likeness (QED) is 0.341. The maximum Gasteiger partial charge on any atom is 0.000438 e. The molecule has 0 fully saturated rings. The summed E-state index contributed by atoms with van der Waals surface area (Å²) in [6.45, 7) is 12.9. The maximum absolute atomic E-state index is 2.64. The largest absolute Gasteiger partial charge is 0.303 e. The van der Waals surface area contributed by atoms with Gasteiger partial charge in [0.2, 0.25) is 0 Å². The van der Waals surface area contributed by atoms with Crippen LogP contribution in [0.4, 0.5) is 0 Å². The molecule has 1 aromatic rings. The van der Waals surface area contributed by atoms with Gasteiger partial charge in [0.25, 0.3) is 0 Å². The third-order valence-electron chi connectivity index (χ3n) is 5.33. The van der Waals surface area contributed by atoms with Crippen molar-refractivity contribution in [3.8, 4) is 0 Å². The fourth-order valence-corrected chi connectivity index (χ4v) is 4.06. The fourth-order valence-electron chi connectivity index (χ4n) is 4.06. The Labute approximate surface area is 174 Å². The van der Waals surface area contributed by atoms with Crippen molar-refractivity contribution < 1.29 is 0 Å². The van der Waals surface area contributed by atoms with Gasteiger partial charge in [0, 0.05) is 6.54 Å². The zero-order valence-corrected chi connectivity index (χ0v) is 18.7. The zero-order valence-electron chi connectivity index (χ0n) is 18.7. The van der Waals surface area contributed by atoms with Crippen LogP contribution in [0.15, 0.2) is 54.1 Å². The molecule has 0 spiro atoms. The van der Waals surface area contributed by atoms with Gasteiger partial charge >= 0.3 is 0 Å². The van der Waals surface area contributed by atoms with Crippen LogP contribution in [-0.2, 0) is 6.42 Å². The van der Waals surface area contributed by atoms with Crippen molar-refractivity contribution in [1.82, 2.24) is 4.90 Å². The number of allylic oxidation sites excluding steroid dienone is 6. The number of rotatable bonds is 12. The minimum Gasteiger partial charge on any atom is -0.303 e. The molecule has 2 rings (SSSR count). The lowest BCUT2D eigenvalue weighted by Crippen LogP contribution is -2.29. The van der Waals surface area contributed by atoms with Crippen LogP contribution in [0.2, 0.25) is 0 Å². The summed E-state index contributed by atoms with van der Waals surface area (Å²) in [6, 6.07) is 9.32. The summed E-state index contributed by atoms with van der Waals surface area (Å²) in [4.78, 5) is 2.64.